The molecule has 12 heteroatoms. The van der Waals surface area contributed by atoms with Gasteiger partial charge in [0.2, 0.25) is 5.91 Å². The van der Waals surface area contributed by atoms with E-state index in [0.717, 1.165) is 22.3 Å². The van der Waals surface area contributed by atoms with Gasteiger partial charge in [0.25, 0.3) is 8.53 Å². The van der Waals surface area contributed by atoms with Crippen molar-refractivity contribution in [3.63, 3.8) is 0 Å². The SMILES string of the molecule is COc1ccc(C(OCC(C)(COP(OCCC#N)N(C(C)C)C(C)C)C(=O)NCCCC(=O)OCc2ccccc2)(c2ccccc2)c2ccc(OC)cc2)cc1. The van der Waals surface area contributed by atoms with Crippen molar-refractivity contribution in [2.75, 3.05) is 40.6 Å². The molecule has 0 radical (unpaired) electrons. The molecule has 4 aromatic rings. The van der Waals surface area contributed by atoms with E-state index >= 15 is 0 Å². The zero-order valence-electron chi connectivity index (χ0n) is 34.8. The van der Waals surface area contributed by atoms with Gasteiger partial charge in [0.15, 0.2) is 0 Å². The highest BCUT2D eigenvalue weighted by Crippen LogP contribution is 2.48. The van der Waals surface area contributed by atoms with Crippen molar-refractivity contribution in [1.29, 1.82) is 5.26 Å². The molecule has 310 valence electrons. The van der Waals surface area contributed by atoms with Crippen LogP contribution in [-0.4, -0.2) is 69.2 Å². The molecule has 0 aliphatic heterocycles. The van der Waals surface area contributed by atoms with E-state index in [2.05, 4.69) is 43.8 Å². The van der Waals surface area contributed by atoms with Crippen molar-refractivity contribution in [3.05, 3.63) is 131 Å². The first kappa shape index (κ1) is 45.9. The van der Waals surface area contributed by atoms with E-state index in [1.54, 1.807) is 14.2 Å². The molecule has 0 aliphatic rings. The van der Waals surface area contributed by atoms with Crippen LogP contribution < -0.4 is 14.8 Å². The Morgan fingerprint density at radius 2 is 1.29 bits per heavy atom. The Morgan fingerprint density at radius 3 is 1.81 bits per heavy atom. The summed E-state index contributed by atoms with van der Waals surface area (Å²) in [5.74, 6) is 0.712. The van der Waals surface area contributed by atoms with Crippen molar-refractivity contribution in [2.45, 2.75) is 78.2 Å². The third-order valence-electron chi connectivity index (χ3n) is 9.57. The number of hydrogen-bond acceptors (Lipinski definition) is 10. The van der Waals surface area contributed by atoms with Gasteiger partial charge in [-0.3, -0.25) is 9.59 Å². The third-order valence-corrected chi connectivity index (χ3v) is 11.6. The van der Waals surface area contributed by atoms with Gasteiger partial charge in [-0.1, -0.05) is 84.9 Å². The van der Waals surface area contributed by atoms with Crippen LogP contribution in [0, 0.1) is 16.7 Å². The molecule has 0 fully saturated rings. The largest absolute Gasteiger partial charge is 0.497 e. The number of methoxy groups -OCH3 is 2. The predicted molar refractivity (Wildman–Crippen MR) is 226 cm³/mol. The van der Waals surface area contributed by atoms with E-state index in [9.17, 15) is 14.9 Å². The average Bonchev–Trinajstić information content (AvgIpc) is 3.24. The van der Waals surface area contributed by atoms with Gasteiger partial charge >= 0.3 is 5.97 Å². The zero-order valence-corrected chi connectivity index (χ0v) is 35.7. The van der Waals surface area contributed by atoms with Gasteiger partial charge in [0.1, 0.15) is 23.7 Å². The van der Waals surface area contributed by atoms with Crippen LogP contribution >= 0.6 is 8.53 Å². The van der Waals surface area contributed by atoms with E-state index in [0.29, 0.717) is 17.9 Å². The number of amides is 1. The molecule has 1 amide bonds. The van der Waals surface area contributed by atoms with E-state index in [-0.39, 0.29) is 69.8 Å². The Morgan fingerprint density at radius 1 is 0.759 bits per heavy atom. The molecule has 0 heterocycles. The molecule has 0 saturated heterocycles. The summed E-state index contributed by atoms with van der Waals surface area (Å²) in [6.45, 7) is 10.5. The molecule has 4 aromatic carbocycles. The van der Waals surface area contributed by atoms with Crippen LogP contribution in [0.25, 0.3) is 0 Å². The fourth-order valence-corrected chi connectivity index (χ4v) is 8.22. The van der Waals surface area contributed by atoms with E-state index < -0.39 is 19.5 Å². The van der Waals surface area contributed by atoms with Gasteiger partial charge in [-0.05, 0) is 87.6 Å². The van der Waals surface area contributed by atoms with E-state index in [1.165, 1.54) is 0 Å². The maximum Gasteiger partial charge on any atom is 0.306 e. The Balaban J connectivity index is 1.69. The minimum absolute atomic E-state index is 0.0575. The fourth-order valence-electron chi connectivity index (χ4n) is 6.48. The number of nitriles is 1. The maximum absolute atomic E-state index is 14.5. The molecule has 4 rings (SSSR count). The zero-order chi connectivity index (χ0) is 42.0. The van der Waals surface area contributed by atoms with Crippen LogP contribution in [0.3, 0.4) is 0 Å². The Bertz CT molecular complexity index is 1820. The first-order chi connectivity index (χ1) is 28.0. The first-order valence-electron chi connectivity index (χ1n) is 19.6. The molecule has 2 unspecified atom stereocenters. The number of nitrogens with zero attached hydrogens (tertiary/aromatic N) is 2. The minimum Gasteiger partial charge on any atom is -0.497 e. The second-order valence-electron chi connectivity index (χ2n) is 14.7. The number of hydrogen-bond donors (Lipinski definition) is 1. The topological polar surface area (TPSA) is 129 Å². The van der Waals surface area contributed by atoms with Crippen LogP contribution in [0.5, 0.6) is 11.5 Å². The van der Waals surface area contributed by atoms with Crippen LogP contribution in [0.2, 0.25) is 0 Å². The molecular weight excluding hydrogens is 753 g/mol. The number of carbonyl (C=O) groups is 2. The van der Waals surface area contributed by atoms with Gasteiger partial charge in [0, 0.05) is 25.0 Å². The highest BCUT2D eigenvalue weighted by Gasteiger charge is 2.44. The lowest BCUT2D eigenvalue weighted by molar-refractivity contribution is -0.145. The number of ether oxygens (including phenoxy) is 4. The van der Waals surface area contributed by atoms with Crippen molar-refractivity contribution in [3.8, 4) is 17.6 Å². The van der Waals surface area contributed by atoms with Crippen LogP contribution in [-0.2, 0) is 40.3 Å². The highest BCUT2D eigenvalue weighted by atomic mass is 31.2. The Kier molecular flexibility index (Phi) is 18.1. The Hall–Kier alpha value is -4.82. The second-order valence-corrected chi connectivity index (χ2v) is 16.1. The van der Waals surface area contributed by atoms with Crippen molar-refractivity contribution in [2.24, 2.45) is 5.41 Å². The average molecular weight is 812 g/mol. The van der Waals surface area contributed by atoms with Crippen molar-refractivity contribution >= 4 is 20.4 Å². The quantitative estimate of drug-likeness (QED) is 0.0317. The smallest absolute Gasteiger partial charge is 0.306 e. The normalized spacial score (nSPS) is 13.1. The van der Waals surface area contributed by atoms with Crippen LogP contribution in [0.4, 0.5) is 0 Å². The number of benzene rings is 4. The van der Waals surface area contributed by atoms with Crippen LogP contribution in [0.1, 0.15) is 76.1 Å². The van der Waals surface area contributed by atoms with Crippen molar-refractivity contribution in [1.82, 2.24) is 9.99 Å². The predicted octanol–water partition coefficient (Wildman–Crippen LogP) is 8.95. The number of rotatable bonds is 24. The number of carbonyl (C=O) groups excluding carboxylic acids is 2. The summed E-state index contributed by atoms with van der Waals surface area (Å²) in [5.41, 5.74) is 0.910. The lowest BCUT2D eigenvalue weighted by atomic mass is 9.79. The van der Waals surface area contributed by atoms with Gasteiger partial charge in [-0.2, -0.15) is 5.26 Å². The molecule has 0 aliphatic carbocycles. The Labute approximate surface area is 345 Å². The molecule has 0 bridgehead atoms. The standard InChI is InChI=1S/C46H58N3O8P/c1-35(2)49(36(3)4)58(56-31-15-29-47)57-34-45(5,44(51)48-30-14-20-43(50)54-32-37-16-10-8-11-17-37)33-55-46(38-18-12-9-13-19-38,39-21-25-41(52-6)26-22-39)40-23-27-42(53-7)28-24-40/h8-13,16-19,21-28,35-36H,14-15,20,30-34H2,1-7H3,(H,48,51). The summed E-state index contributed by atoms with van der Waals surface area (Å²) < 4.78 is 38.7. The molecular formula is C46H58N3O8P. The third kappa shape index (κ3) is 12.6. The van der Waals surface area contributed by atoms with Gasteiger partial charge in [0.05, 0.1) is 51.9 Å². The summed E-state index contributed by atoms with van der Waals surface area (Å²) in [4.78, 5) is 27.1. The maximum atomic E-state index is 14.5. The summed E-state index contributed by atoms with van der Waals surface area (Å²) in [6.07, 6.45) is 0.712. The minimum atomic E-state index is -1.68. The van der Waals surface area contributed by atoms with Gasteiger partial charge in [-0.15, -0.1) is 0 Å². The molecule has 11 nitrogen and oxygen atoms in total. The molecule has 0 saturated carbocycles. The summed E-state index contributed by atoms with van der Waals surface area (Å²) >= 11 is 0. The second kappa shape index (κ2) is 22.9. The number of esters is 1. The van der Waals surface area contributed by atoms with E-state index in [4.69, 9.17) is 28.0 Å². The monoisotopic (exact) mass is 811 g/mol. The van der Waals surface area contributed by atoms with Gasteiger partial charge in [-0.25, -0.2) is 4.67 Å². The summed E-state index contributed by atoms with van der Waals surface area (Å²) in [7, 11) is 1.57. The van der Waals surface area contributed by atoms with E-state index in [1.807, 2.05) is 116 Å². The lowest BCUT2D eigenvalue weighted by Crippen LogP contribution is -2.48. The number of nitrogens with one attached hydrogen (secondary N) is 1. The highest BCUT2D eigenvalue weighted by molar-refractivity contribution is 7.44. The molecule has 0 aromatic heterocycles. The molecule has 58 heavy (non-hydrogen) atoms. The molecule has 2 atom stereocenters. The fraction of sp³-hybridized carbons (Fsp3) is 0.413. The first-order valence-corrected chi connectivity index (χ1v) is 20.8. The molecule has 0 spiro atoms. The van der Waals surface area contributed by atoms with Crippen molar-refractivity contribution < 1.29 is 37.6 Å². The molecule has 1 N–H and O–H groups in total. The van der Waals surface area contributed by atoms with Crippen LogP contribution in [0.15, 0.2) is 109 Å². The summed E-state index contributed by atoms with van der Waals surface area (Å²) in [6, 6.07) is 37.0. The summed E-state index contributed by atoms with van der Waals surface area (Å²) in [5, 5.41) is 12.3. The van der Waals surface area contributed by atoms with Gasteiger partial charge < -0.3 is 33.3 Å². The lowest BCUT2D eigenvalue weighted by Gasteiger charge is -2.40.